The van der Waals surface area contributed by atoms with Crippen molar-refractivity contribution in [1.82, 2.24) is 25.3 Å². The molecule has 3 aliphatic rings. The monoisotopic (exact) mass is 428 g/mol. The number of rotatable bonds is 3. The number of likely N-dealkylation sites (N-methyl/N-ethyl adjacent to an activating group) is 1. The molecule has 2 N–H and O–H groups in total. The molecule has 164 valence electrons. The van der Waals surface area contributed by atoms with Crippen LogP contribution in [0.15, 0.2) is 42.7 Å². The Balaban J connectivity index is 1.33. The molecule has 7 nitrogen and oxygen atoms in total. The van der Waals surface area contributed by atoms with Crippen molar-refractivity contribution in [3.63, 3.8) is 0 Å². The number of nitrogens with zero attached hydrogens (tertiary/aromatic N) is 5. The molecule has 32 heavy (non-hydrogen) atoms. The summed E-state index contributed by atoms with van der Waals surface area (Å²) < 4.78 is 1.75. The van der Waals surface area contributed by atoms with Crippen LogP contribution in [0.25, 0.3) is 28.0 Å². The molecule has 7 heteroatoms. The summed E-state index contributed by atoms with van der Waals surface area (Å²) in [5.41, 5.74) is 6.72. The maximum atomic E-state index is 10.8. The topological polar surface area (TPSA) is 79.1 Å². The van der Waals surface area contributed by atoms with Crippen LogP contribution in [0.3, 0.4) is 0 Å². The van der Waals surface area contributed by atoms with Crippen LogP contribution in [0.1, 0.15) is 31.4 Å². The summed E-state index contributed by atoms with van der Waals surface area (Å²) in [6.07, 6.45) is 11.0. The zero-order valence-corrected chi connectivity index (χ0v) is 18.5. The van der Waals surface area contributed by atoms with Crippen molar-refractivity contribution in [2.45, 2.75) is 37.8 Å². The van der Waals surface area contributed by atoms with E-state index in [-0.39, 0.29) is 5.75 Å². The van der Waals surface area contributed by atoms with Gasteiger partial charge in [0.2, 0.25) is 0 Å². The number of aryl methyl sites for hydroxylation is 1. The Morgan fingerprint density at radius 2 is 1.84 bits per heavy atom. The lowest BCUT2D eigenvalue weighted by molar-refractivity contribution is 0.351. The van der Waals surface area contributed by atoms with E-state index in [4.69, 9.17) is 5.10 Å². The first-order chi connectivity index (χ1) is 15.5. The molecule has 1 aromatic carbocycles. The minimum absolute atomic E-state index is 0.199. The standard InChI is InChI=1S/C25H28N6O/c1-30-8-7-20(16-9-18-4-5-19(10-16)27-18)25-23(30)12-22(28-29-25)21-6-3-15(11-24(21)32)17-13-26-31(2)14-17/h3,6-7,11-14,16,18-19,27,32H,4-5,8-10H2,1-2H3/t16?,18-,19+. The first-order valence-corrected chi connectivity index (χ1v) is 11.4. The largest absolute Gasteiger partial charge is 0.507 e. The van der Waals surface area contributed by atoms with Crippen molar-refractivity contribution in [1.29, 1.82) is 0 Å². The third-order valence-corrected chi connectivity index (χ3v) is 7.27. The van der Waals surface area contributed by atoms with Gasteiger partial charge in [-0.2, -0.15) is 5.10 Å². The number of fused-ring (bicyclic) bond motifs is 3. The van der Waals surface area contributed by atoms with Crippen molar-refractivity contribution in [2.75, 3.05) is 18.5 Å². The normalized spacial score (nSPS) is 24.4. The Morgan fingerprint density at radius 3 is 2.56 bits per heavy atom. The Kier molecular flexibility index (Phi) is 4.54. The van der Waals surface area contributed by atoms with Gasteiger partial charge in [0.25, 0.3) is 0 Å². The highest BCUT2D eigenvalue weighted by molar-refractivity contribution is 5.82. The second kappa shape index (κ2) is 7.45. The lowest BCUT2D eigenvalue weighted by Crippen LogP contribution is -2.39. The van der Waals surface area contributed by atoms with Gasteiger partial charge in [0.1, 0.15) is 11.4 Å². The smallest absolute Gasteiger partial charge is 0.125 e. The maximum Gasteiger partial charge on any atom is 0.125 e. The molecule has 2 saturated heterocycles. The van der Waals surface area contributed by atoms with E-state index in [0.29, 0.717) is 29.3 Å². The number of phenols is 1. The number of anilines is 1. The van der Waals surface area contributed by atoms with Crippen molar-refractivity contribution in [3.8, 4) is 28.1 Å². The average Bonchev–Trinajstić information content (AvgIpc) is 3.38. The van der Waals surface area contributed by atoms with Crippen molar-refractivity contribution in [3.05, 3.63) is 48.4 Å². The highest BCUT2D eigenvalue weighted by Gasteiger charge is 2.37. The van der Waals surface area contributed by atoms with Crippen molar-refractivity contribution < 1.29 is 5.11 Å². The lowest BCUT2D eigenvalue weighted by atomic mass is 9.82. The third kappa shape index (κ3) is 3.28. The Bertz CT molecular complexity index is 1200. The van der Waals surface area contributed by atoms with Crippen LogP contribution in [0.4, 0.5) is 5.69 Å². The number of piperidine rings is 1. The van der Waals surface area contributed by atoms with Crippen LogP contribution in [0.2, 0.25) is 0 Å². The summed E-state index contributed by atoms with van der Waals surface area (Å²) in [5.74, 6) is 0.748. The molecular formula is C25H28N6O. The van der Waals surface area contributed by atoms with Crippen LogP contribution in [-0.2, 0) is 7.05 Å². The number of nitrogens with one attached hydrogen (secondary N) is 1. The van der Waals surface area contributed by atoms with E-state index >= 15 is 0 Å². The first kappa shape index (κ1) is 19.5. The zero-order valence-electron chi connectivity index (χ0n) is 18.5. The summed E-state index contributed by atoms with van der Waals surface area (Å²) in [4.78, 5) is 2.22. The number of aromatic hydroxyl groups is 1. The number of hydrogen-bond donors (Lipinski definition) is 2. The van der Waals surface area contributed by atoms with E-state index in [1.54, 1.807) is 16.9 Å². The molecule has 3 atom stereocenters. The molecule has 2 fully saturated rings. The molecule has 5 heterocycles. The van der Waals surface area contributed by atoms with Gasteiger partial charge < -0.3 is 15.3 Å². The van der Waals surface area contributed by atoms with E-state index in [1.165, 1.54) is 31.3 Å². The fourth-order valence-corrected chi connectivity index (χ4v) is 5.61. The quantitative estimate of drug-likeness (QED) is 0.664. The number of allylic oxidation sites excluding steroid dienone is 1. The van der Waals surface area contributed by atoms with Crippen LogP contribution in [0.5, 0.6) is 5.75 Å². The summed E-state index contributed by atoms with van der Waals surface area (Å²) in [6.45, 7) is 0.874. The fraction of sp³-hybridized carbons (Fsp3) is 0.400. The molecular weight excluding hydrogens is 400 g/mol. The summed E-state index contributed by atoms with van der Waals surface area (Å²) in [7, 11) is 3.98. The molecule has 2 bridgehead atoms. The zero-order chi connectivity index (χ0) is 21.8. The van der Waals surface area contributed by atoms with Crippen LogP contribution >= 0.6 is 0 Å². The highest BCUT2D eigenvalue weighted by Crippen LogP contribution is 2.43. The Hall–Kier alpha value is -3.19. The number of aromatic nitrogens is 4. The van der Waals surface area contributed by atoms with Gasteiger partial charge in [-0.3, -0.25) is 4.68 Å². The second-order valence-electron chi connectivity index (χ2n) is 9.44. The number of hydrogen-bond acceptors (Lipinski definition) is 6. The molecule has 6 rings (SSSR count). The molecule has 3 aromatic rings. The van der Waals surface area contributed by atoms with Gasteiger partial charge in [0, 0.05) is 50.0 Å². The van der Waals surface area contributed by atoms with E-state index in [9.17, 15) is 5.11 Å². The molecule has 0 spiro atoms. The number of benzene rings is 1. The fourth-order valence-electron chi connectivity index (χ4n) is 5.61. The molecule has 3 aliphatic heterocycles. The van der Waals surface area contributed by atoms with Crippen LogP contribution in [0, 0.1) is 5.92 Å². The molecule has 2 aromatic heterocycles. The predicted octanol–water partition coefficient (Wildman–Crippen LogP) is 3.61. The molecule has 0 amide bonds. The average molecular weight is 429 g/mol. The van der Waals surface area contributed by atoms with E-state index < -0.39 is 0 Å². The van der Waals surface area contributed by atoms with Gasteiger partial charge >= 0.3 is 0 Å². The predicted molar refractivity (Wildman–Crippen MR) is 125 cm³/mol. The lowest BCUT2D eigenvalue weighted by Gasteiger charge is -2.34. The van der Waals surface area contributed by atoms with Gasteiger partial charge in [-0.1, -0.05) is 12.1 Å². The van der Waals surface area contributed by atoms with Gasteiger partial charge in [-0.25, -0.2) is 0 Å². The first-order valence-electron chi connectivity index (χ1n) is 11.4. The van der Waals surface area contributed by atoms with Gasteiger partial charge in [-0.05, 0) is 60.9 Å². The minimum Gasteiger partial charge on any atom is -0.507 e. The summed E-state index contributed by atoms with van der Waals surface area (Å²) >= 11 is 0. The minimum atomic E-state index is 0.199. The highest BCUT2D eigenvalue weighted by atomic mass is 16.3. The van der Waals surface area contributed by atoms with Crippen molar-refractivity contribution >= 4 is 11.3 Å². The maximum absolute atomic E-state index is 10.8. The van der Waals surface area contributed by atoms with Crippen LogP contribution in [-0.4, -0.2) is 50.8 Å². The molecule has 0 aliphatic carbocycles. The van der Waals surface area contributed by atoms with Crippen LogP contribution < -0.4 is 10.2 Å². The summed E-state index contributed by atoms with van der Waals surface area (Å²) in [6, 6.07) is 9.04. The third-order valence-electron chi connectivity index (χ3n) is 7.27. The molecule has 0 radical (unpaired) electrons. The summed E-state index contributed by atoms with van der Waals surface area (Å²) in [5, 5.41) is 28.0. The van der Waals surface area contributed by atoms with Gasteiger partial charge in [0.05, 0.1) is 17.6 Å². The van der Waals surface area contributed by atoms with Gasteiger partial charge in [0.15, 0.2) is 0 Å². The van der Waals surface area contributed by atoms with Gasteiger partial charge in [-0.15, -0.1) is 10.2 Å². The van der Waals surface area contributed by atoms with E-state index in [0.717, 1.165) is 29.1 Å². The number of phenolic OH excluding ortho intramolecular Hbond substituents is 1. The van der Waals surface area contributed by atoms with Crippen molar-refractivity contribution in [2.24, 2.45) is 13.0 Å². The van der Waals surface area contributed by atoms with E-state index in [1.807, 2.05) is 25.4 Å². The SMILES string of the molecule is CN1CC=C(C2C[C@H]3CC[C@@H](C2)N3)c2nnc(-c3ccc(-c4cnn(C)c4)cc3O)cc21. The molecule has 0 saturated carbocycles. The Labute approximate surface area is 187 Å². The Morgan fingerprint density at radius 1 is 1.03 bits per heavy atom. The second-order valence-corrected chi connectivity index (χ2v) is 9.44. The van der Waals surface area contributed by atoms with E-state index in [2.05, 4.69) is 39.6 Å². The molecule has 1 unspecified atom stereocenters.